The smallest absolute Gasteiger partial charge is 0.161 e. The fraction of sp³-hybridized carbons (Fsp3) is 0.400. The van der Waals surface area contributed by atoms with Gasteiger partial charge in [0.2, 0.25) is 0 Å². The Labute approximate surface area is 98.1 Å². The maximum atomic E-state index is 5.21. The van der Waals surface area contributed by atoms with Gasteiger partial charge in [-0.25, -0.2) is 0 Å². The lowest BCUT2D eigenvalue weighted by atomic mass is 10.1. The fourth-order valence-corrected chi connectivity index (χ4v) is 1.97. The highest BCUT2D eigenvalue weighted by molar-refractivity contribution is 9.10. The Bertz CT molecular complexity index is 315. The molecule has 0 bridgehead atoms. The lowest BCUT2D eigenvalue weighted by molar-refractivity contribution is 0.354. The molecule has 0 heterocycles. The van der Waals surface area contributed by atoms with E-state index >= 15 is 0 Å². The number of rotatable bonds is 4. The molecule has 1 rings (SSSR count). The predicted octanol–water partition coefficient (Wildman–Crippen LogP) is 2.94. The van der Waals surface area contributed by atoms with Crippen molar-refractivity contribution in [1.82, 2.24) is 0 Å². The Balaban J connectivity index is 3.09. The second-order valence-electron chi connectivity index (χ2n) is 2.77. The summed E-state index contributed by atoms with van der Waals surface area (Å²) in [4.78, 5) is 0. The summed E-state index contributed by atoms with van der Waals surface area (Å²) in [5, 5.41) is 0. The third-order valence-electron chi connectivity index (χ3n) is 1.93. The van der Waals surface area contributed by atoms with E-state index in [0.29, 0.717) is 0 Å². The zero-order chi connectivity index (χ0) is 10.6. The molecule has 14 heavy (non-hydrogen) atoms. The van der Waals surface area contributed by atoms with Crippen molar-refractivity contribution >= 4 is 28.6 Å². The summed E-state index contributed by atoms with van der Waals surface area (Å²) in [5.74, 6) is 2.31. The molecule has 4 heteroatoms. The average Bonchev–Trinajstić information content (AvgIpc) is 2.20. The van der Waals surface area contributed by atoms with Gasteiger partial charge < -0.3 is 9.47 Å². The van der Waals surface area contributed by atoms with Gasteiger partial charge in [0, 0.05) is 4.47 Å². The van der Waals surface area contributed by atoms with E-state index < -0.39 is 0 Å². The van der Waals surface area contributed by atoms with Gasteiger partial charge in [-0.2, -0.15) is 12.6 Å². The summed E-state index contributed by atoms with van der Waals surface area (Å²) in [5.41, 5.74) is 1.18. The Hall–Kier alpha value is -0.350. The molecule has 0 radical (unpaired) electrons. The Morgan fingerprint density at radius 3 is 2.29 bits per heavy atom. The van der Waals surface area contributed by atoms with E-state index in [4.69, 9.17) is 9.47 Å². The number of thiol groups is 1. The predicted molar refractivity (Wildman–Crippen MR) is 64.8 cm³/mol. The first-order valence-corrected chi connectivity index (χ1v) is 5.66. The molecule has 0 amide bonds. The number of hydrogen-bond acceptors (Lipinski definition) is 3. The van der Waals surface area contributed by atoms with Crippen LogP contribution in [0.5, 0.6) is 11.5 Å². The van der Waals surface area contributed by atoms with Gasteiger partial charge in [0.15, 0.2) is 11.5 Å². The number of hydrogen-bond donors (Lipinski definition) is 1. The van der Waals surface area contributed by atoms with Gasteiger partial charge in [0.1, 0.15) is 0 Å². The molecule has 0 unspecified atom stereocenters. The summed E-state index contributed by atoms with van der Waals surface area (Å²) in [6.07, 6.45) is 0.907. The maximum Gasteiger partial charge on any atom is 0.161 e. The van der Waals surface area contributed by atoms with Crippen molar-refractivity contribution in [3.63, 3.8) is 0 Å². The minimum absolute atomic E-state index is 0.738. The lowest BCUT2D eigenvalue weighted by Crippen LogP contribution is -1.94. The second kappa shape index (κ2) is 5.51. The van der Waals surface area contributed by atoms with Gasteiger partial charge in [0.05, 0.1) is 14.2 Å². The third kappa shape index (κ3) is 2.58. The van der Waals surface area contributed by atoms with Crippen molar-refractivity contribution in [1.29, 1.82) is 0 Å². The van der Waals surface area contributed by atoms with E-state index in [1.807, 2.05) is 12.1 Å². The monoisotopic (exact) mass is 276 g/mol. The lowest BCUT2D eigenvalue weighted by Gasteiger charge is -2.11. The normalized spacial score (nSPS) is 10.0. The molecule has 78 valence electrons. The fourth-order valence-electron chi connectivity index (χ4n) is 1.21. The first-order chi connectivity index (χ1) is 6.72. The molecule has 0 aromatic heterocycles. The van der Waals surface area contributed by atoms with Crippen LogP contribution in [-0.4, -0.2) is 20.0 Å². The molecule has 0 spiro atoms. The summed E-state index contributed by atoms with van der Waals surface area (Å²) in [6.45, 7) is 0. The minimum atomic E-state index is 0.738. The van der Waals surface area contributed by atoms with Crippen molar-refractivity contribution < 1.29 is 9.47 Å². The second-order valence-corrected chi connectivity index (χ2v) is 4.07. The first-order valence-electron chi connectivity index (χ1n) is 4.24. The Morgan fingerprint density at radius 2 is 1.79 bits per heavy atom. The van der Waals surface area contributed by atoms with Gasteiger partial charge in [0.25, 0.3) is 0 Å². The SMILES string of the molecule is COc1cc(Br)c(CCS)cc1OC. The van der Waals surface area contributed by atoms with Gasteiger partial charge in [-0.3, -0.25) is 0 Å². The van der Waals surface area contributed by atoms with E-state index in [1.54, 1.807) is 14.2 Å². The van der Waals surface area contributed by atoms with E-state index in [0.717, 1.165) is 28.1 Å². The van der Waals surface area contributed by atoms with Crippen molar-refractivity contribution in [2.24, 2.45) is 0 Å². The topological polar surface area (TPSA) is 18.5 Å². The zero-order valence-electron chi connectivity index (χ0n) is 8.21. The molecule has 0 aliphatic carbocycles. The number of methoxy groups -OCH3 is 2. The van der Waals surface area contributed by atoms with Crippen LogP contribution in [0.1, 0.15) is 5.56 Å². The van der Waals surface area contributed by atoms with Crippen LogP contribution in [0.4, 0.5) is 0 Å². The summed E-state index contributed by atoms with van der Waals surface area (Å²) in [7, 11) is 3.26. The molecule has 1 aromatic rings. The highest BCUT2D eigenvalue weighted by Crippen LogP contribution is 2.33. The van der Waals surface area contributed by atoms with Crippen LogP contribution in [0, 0.1) is 0 Å². The highest BCUT2D eigenvalue weighted by atomic mass is 79.9. The van der Waals surface area contributed by atoms with Crippen molar-refractivity contribution in [3.05, 3.63) is 22.2 Å². The highest BCUT2D eigenvalue weighted by Gasteiger charge is 2.08. The molecule has 0 fully saturated rings. The van der Waals surface area contributed by atoms with Gasteiger partial charge >= 0.3 is 0 Å². The van der Waals surface area contributed by atoms with Crippen molar-refractivity contribution in [3.8, 4) is 11.5 Å². The quantitative estimate of drug-likeness (QED) is 0.853. The van der Waals surface area contributed by atoms with Crippen LogP contribution in [0.2, 0.25) is 0 Å². The average molecular weight is 277 g/mol. The van der Waals surface area contributed by atoms with Crippen LogP contribution in [0.25, 0.3) is 0 Å². The summed E-state index contributed by atoms with van der Waals surface area (Å²) >= 11 is 7.68. The number of benzene rings is 1. The maximum absolute atomic E-state index is 5.21. The van der Waals surface area contributed by atoms with Crippen LogP contribution < -0.4 is 9.47 Å². The van der Waals surface area contributed by atoms with Gasteiger partial charge in [-0.1, -0.05) is 15.9 Å². The molecule has 1 aromatic carbocycles. The van der Waals surface area contributed by atoms with Crippen LogP contribution in [-0.2, 0) is 6.42 Å². The van der Waals surface area contributed by atoms with Crippen molar-refractivity contribution in [2.45, 2.75) is 6.42 Å². The van der Waals surface area contributed by atoms with Gasteiger partial charge in [-0.15, -0.1) is 0 Å². The first kappa shape index (κ1) is 11.7. The van der Waals surface area contributed by atoms with Crippen LogP contribution in [0.3, 0.4) is 0 Å². The molecule has 0 saturated heterocycles. The number of ether oxygens (including phenoxy) is 2. The summed E-state index contributed by atoms with van der Waals surface area (Å²) in [6, 6.07) is 3.89. The number of halogens is 1. The molecular weight excluding hydrogens is 264 g/mol. The van der Waals surface area contributed by atoms with E-state index in [1.165, 1.54) is 5.56 Å². The molecule has 0 aliphatic rings. The Morgan fingerprint density at radius 1 is 1.21 bits per heavy atom. The Kier molecular flexibility index (Phi) is 4.62. The molecule has 0 saturated carbocycles. The largest absolute Gasteiger partial charge is 0.493 e. The van der Waals surface area contributed by atoms with Gasteiger partial charge in [-0.05, 0) is 29.9 Å². The molecule has 0 N–H and O–H groups in total. The standard InChI is InChI=1S/C10H13BrO2S/c1-12-9-5-7(3-4-14)8(11)6-10(9)13-2/h5-6,14H,3-4H2,1-2H3. The van der Waals surface area contributed by atoms with E-state index in [2.05, 4.69) is 28.6 Å². The molecule has 0 atom stereocenters. The molecule has 0 aliphatic heterocycles. The minimum Gasteiger partial charge on any atom is -0.493 e. The van der Waals surface area contributed by atoms with E-state index in [9.17, 15) is 0 Å². The van der Waals surface area contributed by atoms with Crippen LogP contribution in [0.15, 0.2) is 16.6 Å². The van der Waals surface area contributed by atoms with Crippen molar-refractivity contribution in [2.75, 3.05) is 20.0 Å². The van der Waals surface area contributed by atoms with Crippen LogP contribution >= 0.6 is 28.6 Å². The molecule has 2 nitrogen and oxygen atoms in total. The third-order valence-corrected chi connectivity index (χ3v) is 2.90. The van der Waals surface area contributed by atoms with E-state index in [-0.39, 0.29) is 0 Å². The molecular formula is C10H13BrO2S. The number of aryl methyl sites for hydroxylation is 1. The zero-order valence-corrected chi connectivity index (χ0v) is 10.7. The summed E-state index contributed by atoms with van der Waals surface area (Å²) < 4.78 is 11.4.